The van der Waals surface area contributed by atoms with Gasteiger partial charge in [0.25, 0.3) is 0 Å². The molecule has 0 spiro atoms. The standard InChI is InChI=1S/C19H24N2O2/c1-11-3-4-15-16(5-6-20-19(15)12(11)2)21-9-13-7-17(22)18(23)8-14(13)10-21/h3-6,13-14,17-18,22-23H,7-10H2,1-2H3/t13-,14+,17+,18-. The molecule has 4 nitrogen and oxygen atoms in total. The van der Waals surface area contributed by atoms with Crippen molar-refractivity contribution in [2.75, 3.05) is 18.0 Å². The van der Waals surface area contributed by atoms with E-state index in [2.05, 4.69) is 41.9 Å². The largest absolute Gasteiger partial charge is 0.390 e. The van der Waals surface area contributed by atoms with Crippen LogP contribution in [0.2, 0.25) is 0 Å². The van der Waals surface area contributed by atoms with E-state index < -0.39 is 12.2 Å². The van der Waals surface area contributed by atoms with Crippen LogP contribution in [-0.4, -0.2) is 40.5 Å². The van der Waals surface area contributed by atoms with Crippen molar-refractivity contribution in [3.8, 4) is 0 Å². The van der Waals surface area contributed by atoms with Crippen LogP contribution in [0.3, 0.4) is 0 Å². The van der Waals surface area contributed by atoms with Crippen molar-refractivity contribution in [3.05, 3.63) is 35.5 Å². The number of fused-ring (bicyclic) bond motifs is 2. The molecular weight excluding hydrogens is 288 g/mol. The average molecular weight is 312 g/mol. The van der Waals surface area contributed by atoms with E-state index in [0.29, 0.717) is 24.7 Å². The smallest absolute Gasteiger partial charge is 0.0802 e. The van der Waals surface area contributed by atoms with E-state index in [9.17, 15) is 10.2 Å². The van der Waals surface area contributed by atoms with Crippen LogP contribution in [0.1, 0.15) is 24.0 Å². The molecule has 0 unspecified atom stereocenters. The maximum atomic E-state index is 9.94. The minimum atomic E-state index is -0.560. The number of anilines is 1. The molecule has 4 atom stereocenters. The minimum Gasteiger partial charge on any atom is -0.390 e. The third-order valence-electron chi connectivity index (χ3n) is 5.86. The second-order valence-corrected chi connectivity index (χ2v) is 7.26. The van der Waals surface area contributed by atoms with Gasteiger partial charge >= 0.3 is 0 Å². The number of rotatable bonds is 1. The molecule has 2 N–H and O–H groups in total. The van der Waals surface area contributed by atoms with Crippen molar-refractivity contribution in [2.24, 2.45) is 11.8 Å². The van der Waals surface area contributed by atoms with Gasteiger partial charge in [-0.2, -0.15) is 0 Å². The van der Waals surface area contributed by atoms with Crippen LogP contribution in [0.15, 0.2) is 24.4 Å². The fourth-order valence-corrected chi connectivity index (χ4v) is 4.33. The van der Waals surface area contributed by atoms with Crippen LogP contribution in [0, 0.1) is 25.7 Å². The highest BCUT2D eigenvalue weighted by Crippen LogP contribution is 2.40. The quantitative estimate of drug-likeness (QED) is 0.849. The van der Waals surface area contributed by atoms with Crippen LogP contribution >= 0.6 is 0 Å². The molecule has 4 rings (SSSR count). The first-order chi connectivity index (χ1) is 11.0. The van der Waals surface area contributed by atoms with Gasteiger partial charge in [0.05, 0.1) is 17.7 Å². The van der Waals surface area contributed by atoms with Crippen molar-refractivity contribution in [1.82, 2.24) is 4.98 Å². The third-order valence-corrected chi connectivity index (χ3v) is 5.86. The van der Waals surface area contributed by atoms with Gasteiger partial charge in [0.2, 0.25) is 0 Å². The summed E-state index contributed by atoms with van der Waals surface area (Å²) in [5.74, 6) is 0.950. The first kappa shape index (κ1) is 14.9. The Morgan fingerprint density at radius 3 is 2.30 bits per heavy atom. The van der Waals surface area contributed by atoms with Gasteiger partial charge in [0, 0.05) is 30.4 Å². The summed E-state index contributed by atoms with van der Waals surface area (Å²) in [5, 5.41) is 21.1. The Balaban J connectivity index is 1.70. The molecule has 1 saturated carbocycles. The Labute approximate surface area is 136 Å². The summed E-state index contributed by atoms with van der Waals surface area (Å²) in [6.45, 7) is 6.17. The van der Waals surface area contributed by atoms with Crippen molar-refractivity contribution < 1.29 is 10.2 Å². The van der Waals surface area contributed by atoms with Crippen molar-refractivity contribution in [3.63, 3.8) is 0 Å². The number of pyridine rings is 1. The Kier molecular flexibility index (Phi) is 3.54. The van der Waals surface area contributed by atoms with E-state index in [1.54, 1.807) is 0 Å². The van der Waals surface area contributed by atoms with Gasteiger partial charge in [-0.25, -0.2) is 0 Å². The van der Waals surface area contributed by atoms with Crippen molar-refractivity contribution in [2.45, 2.75) is 38.9 Å². The molecule has 122 valence electrons. The van der Waals surface area contributed by atoms with Gasteiger partial charge in [-0.1, -0.05) is 12.1 Å². The number of hydrogen-bond donors (Lipinski definition) is 2. The second kappa shape index (κ2) is 5.46. The normalized spacial score (nSPS) is 30.7. The number of aliphatic hydroxyl groups excluding tert-OH is 2. The van der Waals surface area contributed by atoms with Crippen LogP contribution < -0.4 is 4.90 Å². The van der Waals surface area contributed by atoms with Crippen LogP contribution in [0.4, 0.5) is 5.69 Å². The maximum Gasteiger partial charge on any atom is 0.0802 e. The highest BCUT2D eigenvalue weighted by atomic mass is 16.3. The maximum absolute atomic E-state index is 9.94. The molecule has 2 aromatic rings. The lowest BCUT2D eigenvalue weighted by Crippen LogP contribution is -2.38. The molecule has 2 fully saturated rings. The van der Waals surface area contributed by atoms with E-state index in [1.165, 1.54) is 22.2 Å². The van der Waals surface area contributed by atoms with Gasteiger partial charge in [0.15, 0.2) is 0 Å². The Hall–Kier alpha value is -1.65. The third kappa shape index (κ3) is 2.41. The number of nitrogens with zero attached hydrogens (tertiary/aromatic N) is 2. The van der Waals surface area contributed by atoms with Gasteiger partial charge in [-0.3, -0.25) is 4.98 Å². The minimum absolute atomic E-state index is 0.475. The number of hydrogen-bond acceptors (Lipinski definition) is 4. The summed E-state index contributed by atoms with van der Waals surface area (Å²) in [6, 6.07) is 6.44. The topological polar surface area (TPSA) is 56.6 Å². The van der Waals surface area contributed by atoms with Crippen LogP contribution in [0.25, 0.3) is 10.9 Å². The highest BCUT2D eigenvalue weighted by molar-refractivity contribution is 5.94. The Morgan fingerprint density at radius 1 is 1.00 bits per heavy atom. The van der Waals surface area contributed by atoms with E-state index in [4.69, 9.17) is 0 Å². The molecule has 1 aromatic heterocycles. The second-order valence-electron chi connectivity index (χ2n) is 7.26. The van der Waals surface area contributed by atoms with E-state index in [-0.39, 0.29) is 0 Å². The fraction of sp³-hybridized carbons (Fsp3) is 0.526. The number of aromatic nitrogens is 1. The monoisotopic (exact) mass is 312 g/mol. The first-order valence-corrected chi connectivity index (χ1v) is 8.50. The molecule has 1 aliphatic carbocycles. The first-order valence-electron chi connectivity index (χ1n) is 8.50. The van der Waals surface area contributed by atoms with Crippen LogP contribution in [0.5, 0.6) is 0 Å². The molecule has 1 saturated heterocycles. The fourth-order valence-electron chi connectivity index (χ4n) is 4.33. The Bertz CT molecular complexity index is 727. The summed E-state index contributed by atoms with van der Waals surface area (Å²) in [6.07, 6.45) is 2.20. The van der Waals surface area contributed by atoms with Crippen LogP contribution in [-0.2, 0) is 0 Å². The van der Waals surface area contributed by atoms with Gasteiger partial charge in [0.1, 0.15) is 0 Å². The van der Waals surface area contributed by atoms with Gasteiger partial charge < -0.3 is 15.1 Å². The summed E-state index contributed by atoms with van der Waals surface area (Å²) >= 11 is 0. The zero-order chi connectivity index (χ0) is 16.1. The highest BCUT2D eigenvalue weighted by Gasteiger charge is 2.41. The summed E-state index contributed by atoms with van der Waals surface area (Å²) in [7, 11) is 0. The molecule has 0 bridgehead atoms. The molecule has 2 heterocycles. The number of benzene rings is 1. The molecule has 0 amide bonds. The van der Waals surface area contributed by atoms with E-state index in [0.717, 1.165) is 18.6 Å². The SMILES string of the molecule is Cc1ccc2c(N3C[C@H]4C[C@H](O)[C@H](O)C[C@H]4C3)ccnc2c1C. The molecule has 2 aliphatic rings. The molecular formula is C19H24N2O2. The van der Waals surface area contributed by atoms with E-state index in [1.807, 2.05) is 6.20 Å². The molecule has 1 aliphatic heterocycles. The molecule has 23 heavy (non-hydrogen) atoms. The lowest BCUT2D eigenvalue weighted by Gasteiger charge is -2.31. The zero-order valence-corrected chi connectivity index (χ0v) is 13.7. The molecule has 1 aromatic carbocycles. The lowest BCUT2D eigenvalue weighted by atomic mass is 9.79. The lowest BCUT2D eigenvalue weighted by molar-refractivity contribution is -0.0372. The summed E-state index contributed by atoms with van der Waals surface area (Å²) in [4.78, 5) is 7.00. The summed E-state index contributed by atoms with van der Waals surface area (Å²) < 4.78 is 0. The number of aliphatic hydroxyl groups is 2. The average Bonchev–Trinajstić information content (AvgIpc) is 2.93. The molecule has 4 heteroatoms. The summed E-state index contributed by atoms with van der Waals surface area (Å²) in [5.41, 5.74) is 4.82. The predicted molar refractivity (Wildman–Crippen MR) is 91.7 cm³/mol. The van der Waals surface area contributed by atoms with Gasteiger partial charge in [-0.15, -0.1) is 0 Å². The predicted octanol–water partition coefficient (Wildman–Crippen LogP) is 2.42. The number of aryl methyl sites for hydroxylation is 2. The molecule has 0 radical (unpaired) electrons. The van der Waals surface area contributed by atoms with Crippen molar-refractivity contribution >= 4 is 16.6 Å². The Morgan fingerprint density at radius 2 is 1.65 bits per heavy atom. The van der Waals surface area contributed by atoms with Crippen molar-refractivity contribution in [1.29, 1.82) is 0 Å². The van der Waals surface area contributed by atoms with E-state index >= 15 is 0 Å². The van der Waals surface area contributed by atoms with Gasteiger partial charge in [-0.05, 0) is 55.7 Å². The zero-order valence-electron chi connectivity index (χ0n) is 13.7.